The van der Waals surface area contributed by atoms with Gasteiger partial charge in [0.1, 0.15) is 11.4 Å². The summed E-state index contributed by atoms with van der Waals surface area (Å²) in [6.45, 7) is 5.99. The van der Waals surface area contributed by atoms with Gasteiger partial charge >= 0.3 is 6.09 Å². The van der Waals surface area contributed by atoms with Crippen molar-refractivity contribution >= 4 is 29.3 Å². The number of halogens is 1. The van der Waals surface area contributed by atoms with E-state index in [1.807, 2.05) is 0 Å². The summed E-state index contributed by atoms with van der Waals surface area (Å²) in [5.41, 5.74) is -0.325. The van der Waals surface area contributed by atoms with Crippen LogP contribution in [0.1, 0.15) is 44.2 Å². The molecule has 3 amide bonds. The van der Waals surface area contributed by atoms with Gasteiger partial charge in [-0.15, -0.1) is 0 Å². The smallest absolute Gasteiger partial charge is 0.412 e. The lowest BCUT2D eigenvalue weighted by molar-refractivity contribution is -0.121. The van der Waals surface area contributed by atoms with Gasteiger partial charge in [-0.05, 0) is 63.9 Å². The van der Waals surface area contributed by atoms with Gasteiger partial charge in [-0.3, -0.25) is 14.9 Å². The summed E-state index contributed by atoms with van der Waals surface area (Å²) in [7, 11) is 0. The average molecular weight is 431 g/mol. The number of nitrogens with one attached hydrogen (secondary N) is 2. The molecule has 2 heterocycles. The Kier molecular flexibility index (Phi) is 6.62. The van der Waals surface area contributed by atoms with Crippen molar-refractivity contribution in [2.24, 2.45) is 5.92 Å². The summed E-state index contributed by atoms with van der Waals surface area (Å²) in [4.78, 5) is 38.8. The fourth-order valence-electron chi connectivity index (χ4n) is 3.28. The number of furan rings is 1. The molecule has 0 unspecified atom stereocenters. The summed E-state index contributed by atoms with van der Waals surface area (Å²) >= 11 is 0. The topological polar surface area (TPSA) is 101 Å². The maximum Gasteiger partial charge on any atom is 0.412 e. The monoisotopic (exact) mass is 431 g/mol. The van der Waals surface area contributed by atoms with Crippen molar-refractivity contribution in [2.75, 3.05) is 23.7 Å². The number of rotatable bonds is 4. The number of carbonyl (C=O) groups is 3. The van der Waals surface area contributed by atoms with Gasteiger partial charge in [-0.25, -0.2) is 9.18 Å². The SMILES string of the molecule is CC(C)(C)OC(=O)Nc1ccc(F)cc1NC(=O)C1CCN(C(=O)c2ccco2)CC1. The van der Waals surface area contributed by atoms with Gasteiger partial charge in [0.15, 0.2) is 5.76 Å². The summed E-state index contributed by atoms with van der Waals surface area (Å²) in [6, 6.07) is 6.93. The van der Waals surface area contributed by atoms with Crippen LogP contribution in [-0.4, -0.2) is 41.5 Å². The third-order valence-corrected chi connectivity index (χ3v) is 4.76. The Morgan fingerprint density at radius 1 is 1.10 bits per heavy atom. The predicted octanol–water partition coefficient (Wildman–Crippen LogP) is 4.26. The second-order valence-corrected chi connectivity index (χ2v) is 8.35. The molecule has 0 saturated carbocycles. The second-order valence-electron chi connectivity index (χ2n) is 8.35. The van der Waals surface area contributed by atoms with Gasteiger partial charge in [-0.1, -0.05) is 0 Å². The highest BCUT2D eigenvalue weighted by molar-refractivity contribution is 5.99. The van der Waals surface area contributed by atoms with Crippen molar-refractivity contribution in [2.45, 2.75) is 39.2 Å². The molecule has 2 aromatic rings. The molecule has 9 heteroatoms. The van der Waals surface area contributed by atoms with E-state index in [2.05, 4.69) is 10.6 Å². The molecule has 3 rings (SSSR count). The number of carbonyl (C=O) groups excluding carboxylic acids is 3. The molecule has 0 atom stereocenters. The first kappa shape index (κ1) is 22.3. The highest BCUT2D eigenvalue weighted by Gasteiger charge is 2.29. The molecule has 8 nitrogen and oxygen atoms in total. The zero-order chi connectivity index (χ0) is 22.6. The zero-order valence-corrected chi connectivity index (χ0v) is 17.7. The van der Waals surface area contributed by atoms with Gasteiger partial charge in [-0.2, -0.15) is 0 Å². The molecular formula is C22H26FN3O5. The molecule has 1 aliphatic rings. The minimum absolute atomic E-state index is 0.143. The summed E-state index contributed by atoms with van der Waals surface area (Å²) in [5, 5.41) is 5.22. The lowest BCUT2D eigenvalue weighted by Gasteiger charge is -2.31. The van der Waals surface area contributed by atoms with E-state index in [1.54, 1.807) is 37.8 Å². The van der Waals surface area contributed by atoms with E-state index in [0.29, 0.717) is 25.9 Å². The largest absolute Gasteiger partial charge is 0.459 e. The van der Waals surface area contributed by atoms with Crippen molar-refractivity contribution in [3.8, 4) is 0 Å². The van der Waals surface area contributed by atoms with Gasteiger partial charge < -0.3 is 19.4 Å². The maximum absolute atomic E-state index is 13.8. The van der Waals surface area contributed by atoms with Crippen LogP contribution in [0.3, 0.4) is 0 Å². The Balaban J connectivity index is 1.61. The van der Waals surface area contributed by atoms with Crippen LogP contribution in [0.15, 0.2) is 41.0 Å². The Bertz CT molecular complexity index is 945. The van der Waals surface area contributed by atoms with Crippen LogP contribution in [0.2, 0.25) is 0 Å². The average Bonchev–Trinajstić information content (AvgIpc) is 3.23. The first-order chi connectivity index (χ1) is 14.6. The van der Waals surface area contributed by atoms with E-state index in [0.717, 1.165) is 6.07 Å². The molecule has 0 bridgehead atoms. The minimum atomic E-state index is -0.709. The predicted molar refractivity (Wildman–Crippen MR) is 112 cm³/mol. The number of nitrogens with zero attached hydrogens (tertiary/aromatic N) is 1. The quantitative estimate of drug-likeness (QED) is 0.753. The van der Waals surface area contributed by atoms with Crippen LogP contribution >= 0.6 is 0 Å². The van der Waals surface area contributed by atoms with Crippen molar-refractivity contribution in [1.29, 1.82) is 0 Å². The van der Waals surface area contributed by atoms with E-state index >= 15 is 0 Å². The number of hydrogen-bond donors (Lipinski definition) is 2. The molecule has 166 valence electrons. The van der Waals surface area contributed by atoms with E-state index in [-0.39, 0.29) is 34.9 Å². The minimum Gasteiger partial charge on any atom is -0.459 e. The molecule has 0 spiro atoms. The summed E-state index contributed by atoms with van der Waals surface area (Å²) in [5.74, 6) is -1.15. The Labute approximate surface area is 179 Å². The van der Waals surface area contributed by atoms with Crippen LogP contribution in [0.25, 0.3) is 0 Å². The first-order valence-corrected chi connectivity index (χ1v) is 10.1. The van der Waals surface area contributed by atoms with Crippen molar-refractivity contribution in [1.82, 2.24) is 4.90 Å². The second kappa shape index (κ2) is 9.20. The number of anilines is 2. The molecule has 1 saturated heterocycles. The summed E-state index contributed by atoms with van der Waals surface area (Å²) < 4.78 is 24.1. The molecule has 2 N–H and O–H groups in total. The number of hydrogen-bond acceptors (Lipinski definition) is 5. The molecule has 0 radical (unpaired) electrons. The van der Waals surface area contributed by atoms with Crippen molar-refractivity contribution in [3.63, 3.8) is 0 Å². The Morgan fingerprint density at radius 3 is 2.42 bits per heavy atom. The van der Waals surface area contributed by atoms with E-state index in [9.17, 15) is 18.8 Å². The van der Waals surface area contributed by atoms with Crippen molar-refractivity contribution < 1.29 is 27.9 Å². The molecular weight excluding hydrogens is 405 g/mol. The standard InChI is InChI=1S/C22H26FN3O5/c1-22(2,3)31-21(29)25-16-7-6-15(23)13-17(16)24-19(27)14-8-10-26(11-9-14)20(28)18-5-4-12-30-18/h4-7,12-14H,8-11H2,1-3H3,(H,24,27)(H,25,29). The molecule has 1 aromatic carbocycles. The lowest BCUT2D eigenvalue weighted by atomic mass is 9.95. The third kappa shape index (κ3) is 6.07. The highest BCUT2D eigenvalue weighted by Crippen LogP contribution is 2.26. The number of benzene rings is 1. The van der Waals surface area contributed by atoms with Crippen LogP contribution in [0.4, 0.5) is 20.6 Å². The third-order valence-electron chi connectivity index (χ3n) is 4.76. The van der Waals surface area contributed by atoms with Crippen molar-refractivity contribution in [3.05, 3.63) is 48.2 Å². The maximum atomic E-state index is 13.8. The van der Waals surface area contributed by atoms with E-state index < -0.39 is 17.5 Å². The fraction of sp³-hybridized carbons (Fsp3) is 0.409. The number of piperidine rings is 1. The van der Waals surface area contributed by atoms with E-state index in [1.165, 1.54) is 18.4 Å². The van der Waals surface area contributed by atoms with E-state index in [4.69, 9.17) is 9.15 Å². The lowest BCUT2D eigenvalue weighted by Crippen LogP contribution is -2.41. The first-order valence-electron chi connectivity index (χ1n) is 10.1. The molecule has 31 heavy (non-hydrogen) atoms. The molecule has 1 aromatic heterocycles. The van der Waals surface area contributed by atoms with Gasteiger partial charge in [0, 0.05) is 19.0 Å². The normalized spacial score (nSPS) is 14.8. The molecule has 0 aliphatic carbocycles. The van der Waals surface area contributed by atoms with Gasteiger partial charge in [0.25, 0.3) is 5.91 Å². The number of ether oxygens (including phenoxy) is 1. The molecule has 1 aliphatic heterocycles. The Hall–Kier alpha value is -3.36. The number of likely N-dealkylation sites (tertiary alicyclic amines) is 1. The highest BCUT2D eigenvalue weighted by atomic mass is 19.1. The van der Waals surface area contributed by atoms with Crippen LogP contribution in [-0.2, 0) is 9.53 Å². The van der Waals surface area contributed by atoms with Crippen LogP contribution < -0.4 is 10.6 Å². The fourth-order valence-corrected chi connectivity index (χ4v) is 3.28. The van der Waals surface area contributed by atoms with Crippen LogP contribution in [0, 0.1) is 11.7 Å². The zero-order valence-electron chi connectivity index (χ0n) is 17.7. The molecule has 1 fully saturated rings. The van der Waals surface area contributed by atoms with Gasteiger partial charge in [0.05, 0.1) is 17.6 Å². The van der Waals surface area contributed by atoms with Crippen LogP contribution in [0.5, 0.6) is 0 Å². The summed E-state index contributed by atoms with van der Waals surface area (Å²) in [6.07, 6.45) is 1.65. The van der Waals surface area contributed by atoms with Gasteiger partial charge in [0.2, 0.25) is 5.91 Å². The Morgan fingerprint density at radius 2 is 1.81 bits per heavy atom. The number of amides is 3.